The van der Waals surface area contributed by atoms with Gasteiger partial charge >= 0.3 is 13.8 Å². The SMILES string of the molecule is C=CCCC(=O)N[C@@H](Cc1ccc(OP(=O)(O)O)cc1)C(=O)N[C@H](C(=O)N[C@@H](CC(N)=O)C(=O)N[C@H](C(=O)N[C@@H](CC=C)C(=O)OC)C(C)C)C(C)C. The summed E-state index contributed by atoms with van der Waals surface area (Å²) in [5.74, 6) is -6.81. The first kappa shape index (κ1) is 46.0. The molecule has 0 spiro atoms. The zero-order valence-electron chi connectivity index (χ0n) is 30.5. The maximum absolute atomic E-state index is 13.6. The number of nitrogens with one attached hydrogen (secondary N) is 5. The van der Waals surface area contributed by atoms with E-state index in [1.807, 2.05) is 0 Å². The van der Waals surface area contributed by atoms with Crippen LogP contribution in [-0.4, -0.2) is 88.5 Å². The molecule has 0 fully saturated rings. The molecule has 1 rings (SSSR count). The lowest BCUT2D eigenvalue weighted by atomic mass is 9.99. The van der Waals surface area contributed by atoms with Gasteiger partial charge in [-0.2, -0.15) is 0 Å². The molecule has 0 saturated carbocycles. The second-order valence-corrected chi connectivity index (χ2v) is 13.8. The van der Waals surface area contributed by atoms with E-state index in [1.165, 1.54) is 36.4 Å². The number of amides is 6. The van der Waals surface area contributed by atoms with Crippen LogP contribution >= 0.6 is 7.82 Å². The van der Waals surface area contributed by atoms with Crippen LogP contribution in [0.5, 0.6) is 5.75 Å². The first-order valence-corrected chi connectivity index (χ1v) is 18.2. The first-order valence-electron chi connectivity index (χ1n) is 16.7. The third-order valence-corrected chi connectivity index (χ3v) is 8.00. The lowest BCUT2D eigenvalue weighted by molar-refractivity contribution is -0.145. The number of phosphoric acid groups is 1. The number of benzene rings is 1. The van der Waals surface area contributed by atoms with Crippen molar-refractivity contribution in [2.75, 3.05) is 7.11 Å². The van der Waals surface area contributed by atoms with E-state index in [2.05, 4.69) is 44.3 Å². The topological polar surface area (TPSA) is 282 Å². The Morgan fingerprint density at radius 1 is 0.774 bits per heavy atom. The number of hydrogen-bond acceptors (Lipinski definition) is 10. The van der Waals surface area contributed by atoms with E-state index in [9.17, 15) is 38.1 Å². The molecule has 19 heteroatoms. The van der Waals surface area contributed by atoms with Gasteiger partial charge in [0.15, 0.2) is 0 Å². The summed E-state index contributed by atoms with van der Waals surface area (Å²) in [6.45, 7) is 13.6. The molecule has 18 nitrogen and oxygen atoms in total. The molecule has 0 saturated heterocycles. The van der Waals surface area contributed by atoms with Crippen molar-refractivity contribution in [2.24, 2.45) is 17.6 Å². The van der Waals surface area contributed by atoms with E-state index in [4.69, 9.17) is 20.3 Å². The summed E-state index contributed by atoms with van der Waals surface area (Å²) in [6, 6.07) is -1.04. The van der Waals surface area contributed by atoms with Crippen LogP contribution in [0.3, 0.4) is 0 Å². The number of hydrogen-bond donors (Lipinski definition) is 8. The second-order valence-electron chi connectivity index (χ2n) is 12.7. The lowest BCUT2D eigenvalue weighted by Gasteiger charge is -2.29. The van der Waals surface area contributed by atoms with Gasteiger partial charge in [0, 0.05) is 12.8 Å². The molecular weight excluding hydrogens is 715 g/mol. The van der Waals surface area contributed by atoms with Crippen molar-refractivity contribution >= 4 is 49.2 Å². The van der Waals surface area contributed by atoms with Gasteiger partial charge < -0.3 is 41.6 Å². The van der Waals surface area contributed by atoms with Gasteiger partial charge in [0.05, 0.1) is 13.5 Å². The molecule has 1 aromatic rings. The number of carbonyl (C=O) groups is 7. The number of methoxy groups -OCH3 is 1. The largest absolute Gasteiger partial charge is 0.524 e. The highest BCUT2D eigenvalue weighted by atomic mass is 31.2. The molecule has 6 amide bonds. The van der Waals surface area contributed by atoms with E-state index in [1.54, 1.807) is 27.7 Å². The van der Waals surface area contributed by atoms with Crippen LogP contribution in [0.1, 0.15) is 58.9 Å². The van der Waals surface area contributed by atoms with E-state index in [0.29, 0.717) is 12.0 Å². The van der Waals surface area contributed by atoms with E-state index < -0.39 is 97.7 Å². The number of esters is 1. The molecule has 0 bridgehead atoms. The quantitative estimate of drug-likeness (QED) is 0.0416. The molecule has 53 heavy (non-hydrogen) atoms. The maximum Gasteiger partial charge on any atom is 0.524 e. The smallest absolute Gasteiger partial charge is 0.467 e. The second kappa shape index (κ2) is 22.1. The van der Waals surface area contributed by atoms with E-state index in [-0.39, 0.29) is 25.0 Å². The van der Waals surface area contributed by atoms with Gasteiger partial charge in [-0.3, -0.25) is 38.6 Å². The van der Waals surface area contributed by atoms with Gasteiger partial charge in [0.1, 0.15) is 36.0 Å². The minimum atomic E-state index is -4.82. The molecule has 0 aromatic heterocycles. The Balaban J connectivity index is 3.27. The highest BCUT2D eigenvalue weighted by Gasteiger charge is 2.35. The first-order chi connectivity index (χ1) is 24.7. The number of nitrogens with two attached hydrogens (primary N) is 1. The summed E-state index contributed by atoms with van der Waals surface area (Å²) in [7, 11) is -3.67. The van der Waals surface area contributed by atoms with Gasteiger partial charge in [-0.25, -0.2) is 9.36 Å². The Labute approximate surface area is 308 Å². The predicted octanol–water partition coefficient (Wildman–Crippen LogP) is 0.0273. The van der Waals surface area contributed by atoms with Crippen LogP contribution in [0, 0.1) is 11.8 Å². The minimum absolute atomic E-state index is 0.00728. The monoisotopic (exact) mass is 766 g/mol. The molecule has 0 heterocycles. The van der Waals surface area contributed by atoms with Gasteiger partial charge in [-0.05, 0) is 42.4 Å². The molecule has 0 aliphatic rings. The normalized spacial score (nSPS) is 14.0. The number of allylic oxidation sites excluding steroid dienone is 1. The molecule has 0 aliphatic heterocycles. The van der Waals surface area contributed by atoms with Crippen LogP contribution in [0.25, 0.3) is 0 Å². The summed E-state index contributed by atoms with van der Waals surface area (Å²) in [5, 5.41) is 12.6. The third kappa shape index (κ3) is 16.9. The van der Waals surface area contributed by atoms with Crippen molar-refractivity contribution < 1.29 is 57.2 Å². The van der Waals surface area contributed by atoms with Crippen LogP contribution in [-0.2, 0) is 49.3 Å². The molecule has 294 valence electrons. The summed E-state index contributed by atoms with van der Waals surface area (Å²) in [5.41, 5.74) is 5.84. The Morgan fingerprint density at radius 2 is 1.28 bits per heavy atom. The Kier molecular flexibility index (Phi) is 19.2. The summed E-state index contributed by atoms with van der Waals surface area (Å²) in [4.78, 5) is 109. The lowest BCUT2D eigenvalue weighted by Crippen LogP contribution is -2.61. The number of phosphoric ester groups is 1. The number of carbonyl (C=O) groups excluding carboxylic acids is 7. The van der Waals surface area contributed by atoms with Crippen molar-refractivity contribution in [3.8, 4) is 5.75 Å². The van der Waals surface area contributed by atoms with Gasteiger partial charge in [-0.15, -0.1) is 13.2 Å². The summed E-state index contributed by atoms with van der Waals surface area (Å²) < 4.78 is 20.4. The van der Waals surface area contributed by atoms with Crippen molar-refractivity contribution in [1.29, 1.82) is 0 Å². The highest BCUT2D eigenvalue weighted by Crippen LogP contribution is 2.37. The number of ether oxygens (including phenoxy) is 1. The average molecular weight is 767 g/mol. The fourth-order valence-electron chi connectivity index (χ4n) is 4.80. The van der Waals surface area contributed by atoms with E-state index in [0.717, 1.165) is 7.11 Å². The van der Waals surface area contributed by atoms with Crippen LogP contribution in [0.4, 0.5) is 0 Å². The van der Waals surface area contributed by atoms with Crippen molar-refractivity contribution in [3.63, 3.8) is 0 Å². The average Bonchev–Trinajstić information content (AvgIpc) is 3.06. The van der Waals surface area contributed by atoms with Crippen molar-refractivity contribution in [2.45, 2.75) is 90.0 Å². The standard InChI is InChI=1S/C34H51N6O12P/c1-8-10-12-27(42)36-24(17-21-13-15-22(16-14-21)52-53(48,49)50)30(43)39-29(20(5)6)33(46)38-25(18-26(35)41)31(44)40-28(19(3)4)32(45)37-23(11-9-2)34(47)51-7/h8-9,13-16,19-20,23-25,28-29H,1-2,10-12,17-18H2,3-7H3,(H2,35,41)(H,36,42)(H,37,45)(H,38,46)(H,39,43)(H,40,44)(H2,48,49,50)/t23-,24-,25-,28-,29-/m0/s1. The molecule has 0 radical (unpaired) electrons. The fraction of sp³-hybridized carbons (Fsp3) is 0.500. The fourth-order valence-corrected chi connectivity index (χ4v) is 5.20. The van der Waals surface area contributed by atoms with Crippen LogP contribution < -0.4 is 36.8 Å². The van der Waals surface area contributed by atoms with Crippen LogP contribution in [0.15, 0.2) is 49.6 Å². The zero-order chi connectivity index (χ0) is 40.5. The third-order valence-electron chi connectivity index (χ3n) is 7.55. The summed E-state index contributed by atoms with van der Waals surface area (Å²) >= 11 is 0. The minimum Gasteiger partial charge on any atom is -0.467 e. The Hall–Kier alpha value is -5.06. The molecule has 9 N–H and O–H groups in total. The molecule has 1 aromatic carbocycles. The van der Waals surface area contributed by atoms with Crippen LogP contribution in [0.2, 0.25) is 0 Å². The number of primary amides is 1. The Morgan fingerprint density at radius 3 is 1.72 bits per heavy atom. The predicted molar refractivity (Wildman–Crippen MR) is 192 cm³/mol. The maximum atomic E-state index is 13.6. The molecule has 0 unspecified atom stereocenters. The van der Waals surface area contributed by atoms with Crippen molar-refractivity contribution in [3.05, 3.63) is 55.1 Å². The van der Waals surface area contributed by atoms with Gasteiger partial charge in [0.2, 0.25) is 35.4 Å². The van der Waals surface area contributed by atoms with Gasteiger partial charge in [-0.1, -0.05) is 52.0 Å². The number of rotatable bonds is 23. The highest BCUT2D eigenvalue weighted by molar-refractivity contribution is 7.46. The van der Waals surface area contributed by atoms with Gasteiger partial charge in [0.25, 0.3) is 0 Å². The molecule has 0 aliphatic carbocycles. The molecular formula is C34H51N6O12P. The Bertz CT molecular complexity index is 1530. The van der Waals surface area contributed by atoms with Crippen molar-refractivity contribution in [1.82, 2.24) is 26.6 Å². The van der Waals surface area contributed by atoms with E-state index >= 15 is 0 Å². The zero-order valence-corrected chi connectivity index (χ0v) is 31.4. The molecule has 5 atom stereocenters. The summed E-state index contributed by atoms with van der Waals surface area (Å²) in [6.07, 6.45) is 2.50.